The number of halogens is 1. The van der Waals surface area contributed by atoms with Gasteiger partial charge in [-0.2, -0.15) is 0 Å². The summed E-state index contributed by atoms with van der Waals surface area (Å²) < 4.78 is 2.00. The average molecular weight is 337 g/mol. The van der Waals surface area contributed by atoms with E-state index in [4.69, 9.17) is 11.6 Å². The summed E-state index contributed by atoms with van der Waals surface area (Å²) in [6, 6.07) is 8.49. The zero-order valence-corrected chi connectivity index (χ0v) is 14.4. The topological polar surface area (TPSA) is 34.0 Å². The van der Waals surface area contributed by atoms with Crippen molar-refractivity contribution in [2.45, 2.75) is 36.9 Å². The van der Waals surface area contributed by atoms with Crippen LogP contribution in [0.4, 0.5) is 0 Å². The second-order valence-electron chi connectivity index (χ2n) is 5.73. The van der Waals surface area contributed by atoms with Crippen LogP contribution in [0.2, 0.25) is 5.02 Å². The summed E-state index contributed by atoms with van der Waals surface area (Å²) in [5.41, 5.74) is 1.01. The molecule has 1 aliphatic rings. The predicted octanol–water partition coefficient (Wildman–Crippen LogP) is 3.89. The molecule has 0 bridgehead atoms. The van der Waals surface area contributed by atoms with Crippen molar-refractivity contribution >= 4 is 23.4 Å². The van der Waals surface area contributed by atoms with Crippen molar-refractivity contribution in [1.82, 2.24) is 19.7 Å². The number of hydrogen-bond acceptors (Lipinski definition) is 4. The number of thioether (sulfide) groups is 1. The van der Waals surface area contributed by atoms with Crippen LogP contribution in [-0.2, 0) is 0 Å². The van der Waals surface area contributed by atoms with Gasteiger partial charge < -0.3 is 4.90 Å². The molecule has 2 heterocycles. The highest BCUT2D eigenvalue weighted by Crippen LogP contribution is 2.25. The molecule has 0 aliphatic carbocycles. The van der Waals surface area contributed by atoms with E-state index in [2.05, 4.69) is 22.1 Å². The third-order valence-electron chi connectivity index (χ3n) is 4.21. The normalized spacial score (nSPS) is 19.5. The third kappa shape index (κ3) is 3.83. The highest BCUT2D eigenvalue weighted by molar-refractivity contribution is 7.99. The van der Waals surface area contributed by atoms with Gasteiger partial charge in [0.25, 0.3) is 0 Å². The first kappa shape index (κ1) is 15.8. The third-order valence-corrected chi connectivity index (χ3v) is 5.42. The lowest BCUT2D eigenvalue weighted by Gasteiger charge is -2.32. The standard InChI is InChI=1S/C16H21ClN4S/c1-20-9-3-2-6-14(20)8-10-22-16-19-18-12-21(16)15-7-4-5-13(17)11-15/h4-5,7,11-12,14H,2-3,6,8-10H2,1H3. The fraction of sp³-hybridized carbons (Fsp3) is 0.500. The first-order chi connectivity index (χ1) is 10.7. The van der Waals surface area contributed by atoms with Gasteiger partial charge in [0.15, 0.2) is 5.16 Å². The molecule has 0 saturated carbocycles. The Morgan fingerprint density at radius 2 is 2.27 bits per heavy atom. The smallest absolute Gasteiger partial charge is 0.195 e. The van der Waals surface area contributed by atoms with Crippen LogP contribution in [0.1, 0.15) is 25.7 Å². The number of hydrogen-bond donors (Lipinski definition) is 0. The summed E-state index contributed by atoms with van der Waals surface area (Å²) in [6.45, 7) is 1.23. The van der Waals surface area contributed by atoms with Gasteiger partial charge in [0.2, 0.25) is 0 Å². The molecule has 1 saturated heterocycles. The number of aromatic nitrogens is 3. The van der Waals surface area contributed by atoms with E-state index in [-0.39, 0.29) is 0 Å². The molecule has 4 nitrogen and oxygen atoms in total. The molecule has 6 heteroatoms. The van der Waals surface area contributed by atoms with Crippen LogP contribution >= 0.6 is 23.4 Å². The van der Waals surface area contributed by atoms with Gasteiger partial charge >= 0.3 is 0 Å². The van der Waals surface area contributed by atoms with E-state index in [1.165, 1.54) is 32.2 Å². The van der Waals surface area contributed by atoms with Crippen molar-refractivity contribution in [3.05, 3.63) is 35.6 Å². The molecule has 1 aliphatic heterocycles. The molecule has 118 valence electrons. The number of piperidine rings is 1. The van der Waals surface area contributed by atoms with E-state index < -0.39 is 0 Å². The monoisotopic (exact) mass is 336 g/mol. The minimum Gasteiger partial charge on any atom is -0.303 e. The van der Waals surface area contributed by atoms with Crippen LogP contribution in [0.15, 0.2) is 35.7 Å². The maximum Gasteiger partial charge on any atom is 0.195 e. The van der Waals surface area contributed by atoms with Crippen LogP contribution in [0, 0.1) is 0 Å². The maximum absolute atomic E-state index is 6.07. The Balaban J connectivity index is 1.61. The van der Waals surface area contributed by atoms with Crippen LogP contribution < -0.4 is 0 Å². The molecule has 3 rings (SSSR count). The minimum atomic E-state index is 0.712. The number of benzene rings is 1. The van der Waals surface area contributed by atoms with Crippen LogP contribution in [0.25, 0.3) is 5.69 Å². The van der Waals surface area contributed by atoms with Gasteiger partial charge in [-0.25, -0.2) is 0 Å². The van der Waals surface area contributed by atoms with E-state index in [0.29, 0.717) is 6.04 Å². The Bertz CT molecular complexity index is 616. The molecule has 0 amide bonds. The lowest BCUT2D eigenvalue weighted by molar-refractivity contribution is 0.182. The molecule has 0 N–H and O–H groups in total. The lowest BCUT2D eigenvalue weighted by atomic mass is 10.0. The first-order valence-electron chi connectivity index (χ1n) is 7.73. The number of likely N-dealkylation sites (tertiary alicyclic amines) is 1. The highest BCUT2D eigenvalue weighted by atomic mass is 35.5. The van der Waals surface area contributed by atoms with E-state index in [9.17, 15) is 0 Å². The fourth-order valence-electron chi connectivity index (χ4n) is 2.92. The zero-order chi connectivity index (χ0) is 15.4. The second kappa shape index (κ2) is 7.49. The summed E-state index contributed by atoms with van der Waals surface area (Å²) in [7, 11) is 2.24. The van der Waals surface area contributed by atoms with E-state index in [0.717, 1.165) is 21.6 Å². The lowest BCUT2D eigenvalue weighted by Crippen LogP contribution is -2.36. The van der Waals surface area contributed by atoms with Crippen molar-refractivity contribution < 1.29 is 0 Å². The molecule has 22 heavy (non-hydrogen) atoms. The summed E-state index contributed by atoms with van der Waals surface area (Å²) in [4.78, 5) is 2.49. The Kier molecular flexibility index (Phi) is 5.39. The maximum atomic E-state index is 6.07. The van der Waals surface area contributed by atoms with Gasteiger partial charge in [-0.1, -0.05) is 35.9 Å². The zero-order valence-electron chi connectivity index (χ0n) is 12.8. The van der Waals surface area contributed by atoms with Crippen LogP contribution in [0.5, 0.6) is 0 Å². The van der Waals surface area contributed by atoms with Crippen molar-refractivity contribution in [1.29, 1.82) is 0 Å². The Hall–Kier alpha value is -1.04. The van der Waals surface area contributed by atoms with E-state index in [1.54, 1.807) is 18.1 Å². The molecule has 1 aromatic carbocycles. The van der Waals surface area contributed by atoms with Gasteiger partial charge in [0.05, 0.1) is 5.69 Å². The Morgan fingerprint density at radius 3 is 3.09 bits per heavy atom. The Morgan fingerprint density at radius 1 is 1.36 bits per heavy atom. The number of nitrogens with zero attached hydrogens (tertiary/aromatic N) is 4. The molecule has 1 aromatic heterocycles. The van der Waals surface area contributed by atoms with Crippen molar-refractivity contribution in [2.75, 3.05) is 19.3 Å². The quantitative estimate of drug-likeness (QED) is 0.776. The van der Waals surface area contributed by atoms with Crippen LogP contribution in [0.3, 0.4) is 0 Å². The van der Waals surface area contributed by atoms with Crippen molar-refractivity contribution in [3.63, 3.8) is 0 Å². The van der Waals surface area contributed by atoms with Gasteiger partial charge in [-0.15, -0.1) is 10.2 Å². The highest BCUT2D eigenvalue weighted by Gasteiger charge is 2.18. The predicted molar refractivity (Wildman–Crippen MR) is 92.0 cm³/mol. The molecular formula is C16H21ClN4S. The molecule has 1 unspecified atom stereocenters. The summed E-state index contributed by atoms with van der Waals surface area (Å²) >= 11 is 7.84. The average Bonchev–Trinajstić information content (AvgIpc) is 2.98. The molecular weight excluding hydrogens is 316 g/mol. The summed E-state index contributed by atoms with van der Waals surface area (Å²) in [5.74, 6) is 1.06. The largest absolute Gasteiger partial charge is 0.303 e. The summed E-state index contributed by atoms with van der Waals surface area (Å²) in [6.07, 6.45) is 6.96. The van der Waals surface area contributed by atoms with E-state index >= 15 is 0 Å². The van der Waals surface area contributed by atoms with E-state index in [1.807, 2.05) is 28.8 Å². The second-order valence-corrected chi connectivity index (χ2v) is 7.23. The SMILES string of the molecule is CN1CCCCC1CCSc1nncn1-c1cccc(Cl)c1. The fourth-order valence-corrected chi connectivity index (χ4v) is 4.07. The minimum absolute atomic E-state index is 0.712. The summed E-state index contributed by atoms with van der Waals surface area (Å²) in [5, 5.41) is 9.95. The van der Waals surface area contributed by atoms with Gasteiger partial charge in [-0.3, -0.25) is 4.57 Å². The number of rotatable bonds is 5. The van der Waals surface area contributed by atoms with Gasteiger partial charge in [0.1, 0.15) is 6.33 Å². The van der Waals surface area contributed by atoms with Crippen molar-refractivity contribution in [3.8, 4) is 5.69 Å². The molecule has 0 spiro atoms. The van der Waals surface area contributed by atoms with Crippen LogP contribution in [-0.4, -0.2) is 45.1 Å². The molecule has 1 atom stereocenters. The van der Waals surface area contributed by atoms with Gasteiger partial charge in [-0.05, 0) is 51.1 Å². The Labute approximate surface area is 140 Å². The molecule has 1 fully saturated rings. The molecule has 2 aromatic rings. The molecule has 0 radical (unpaired) electrons. The van der Waals surface area contributed by atoms with Gasteiger partial charge in [0, 0.05) is 16.8 Å². The first-order valence-corrected chi connectivity index (χ1v) is 9.09. The van der Waals surface area contributed by atoms with Crippen molar-refractivity contribution in [2.24, 2.45) is 0 Å².